The van der Waals surface area contributed by atoms with Crippen LogP contribution in [-0.4, -0.2) is 42.8 Å². The number of aliphatic hydroxyl groups is 1. The minimum Gasteiger partial charge on any atom is -0.396 e. The first-order chi connectivity index (χ1) is 10.3. The third-order valence-electron chi connectivity index (χ3n) is 3.74. The van der Waals surface area contributed by atoms with Crippen LogP contribution in [-0.2, 0) is 6.18 Å². The maximum atomic E-state index is 14.3. The van der Waals surface area contributed by atoms with Gasteiger partial charge >= 0.3 is 6.18 Å². The predicted octanol–water partition coefficient (Wildman–Crippen LogP) is 2.83. The number of aliphatic hydroxyl groups excluding tert-OH is 1. The Bertz CT molecular complexity index is 518. The van der Waals surface area contributed by atoms with Crippen molar-refractivity contribution in [1.29, 1.82) is 0 Å². The number of rotatable bonds is 4. The molecule has 2 rings (SSSR count). The quantitative estimate of drug-likeness (QED) is 0.827. The summed E-state index contributed by atoms with van der Waals surface area (Å²) in [6.07, 6.45) is -4.45. The second-order valence-electron chi connectivity index (χ2n) is 5.17. The summed E-state index contributed by atoms with van der Waals surface area (Å²) in [5, 5.41) is 11.8. The van der Waals surface area contributed by atoms with E-state index in [2.05, 4.69) is 5.32 Å². The van der Waals surface area contributed by atoms with Crippen molar-refractivity contribution >= 4 is 11.6 Å². The average Bonchev–Trinajstić information content (AvgIpc) is 2.47. The number of nitrogens with one attached hydrogen (secondary N) is 1. The zero-order valence-electron chi connectivity index (χ0n) is 11.8. The molecule has 124 valence electrons. The summed E-state index contributed by atoms with van der Waals surface area (Å²) in [7, 11) is 0. The Kier molecular flexibility index (Phi) is 5.65. The molecule has 0 radical (unpaired) electrons. The van der Waals surface area contributed by atoms with Crippen LogP contribution in [0.2, 0.25) is 5.02 Å². The van der Waals surface area contributed by atoms with Gasteiger partial charge in [0.05, 0.1) is 10.6 Å². The van der Waals surface area contributed by atoms with Crippen molar-refractivity contribution < 1.29 is 22.7 Å². The van der Waals surface area contributed by atoms with Gasteiger partial charge in [0.25, 0.3) is 0 Å². The highest BCUT2D eigenvalue weighted by Gasteiger charge is 2.34. The molecule has 1 fully saturated rings. The first-order valence-electron chi connectivity index (χ1n) is 6.96. The van der Waals surface area contributed by atoms with Gasteiger partial charge in [0.2, 0.25) is 0 Å². The van der Waals surface area contributed by atoms with Crippen molar-refractivity contribution in [1.82, 2.24) is 10.2 Å². The summed E-state index contributed by atoms with van der Waals surface area (Å²) in [6.45, 7) is 2.21. The number of nitrogens with zero attached hydrogens (tertiary/aromatic N) is 1. The van der Waals surface area contributed by atoms with E-state index in [0.717, 1.165) is 6.07 Å². The zero-order chi connectivity index (χ0) is 16.3. The molecule has 0 unspecified atom stereocenters. The number of benzene rings is 1. The highest BCUT2D eigenvalue weighted by molar-refractivity contribution is 6.30. The normalized spacial score (nSPS) is 18.5. The van der Waals surface area contributed by atoms with E-state index in [0.29, 0.717) is 32.2 Å². The molecule has 0 amide bonds. The third kappa shape index (κ3) is 3.90. The summed E-state index contributed by atoms with van der Waals surface area (Å²) in [4.78, 5) is 1.86. The maximum absolute atomic E-state index is 14.3. The molecule has 1 aliphatic rings. The molecule has 1 heterocycles. The topological polar surface area (TPSA) is 35.5 Å². The van der Waals surface area contributed by atoms with Gasteiger partial charge in [0.15, 0.2) is 0 Å². The monoisotopic (exact) mass is 340 g/mol. The van der Waals surface area contributed by atoms with Crippen LogP contribution in [0.1, 0.15) is 23.6 Å². The van der Waals surface area contributed by atoms with Crippen molar-refractivity contribution in [2.45, 2.75) is 18.6 Å². The standard InChI is InChI=1S/C14H17ClF4N2O/c15-11-8-9(14(17,18)19)7-10(13(11)16)12(1-6-22)21-4-2-20-3-5-21/h7-8,12,20,22H,1-6H2/t12-/m0/s1. The van der Waals surface area contributed by atoms with Gasteiger partial charge < -0.3 is 10.4 Å². The Morgan fingerprint density at radius 2 is 1.91 bits per heavy atom. The van der Waals surface area contributed by atoms with Crippen LogP contribution in [0, 0.1) is 5.82 Å². The summed E-state index contributed by atoms with van der Waals surface area (Å²) < 4.78 is 53.0. The zero-order valence-corrected chi connectivity index (χ0v) is 12.5. The first kappa shape index (κ1) is 17.5. The van der Waals surface area contributed by atoms with Gasteiger partial charge in [-0.1, -0.05) is 11.6 Å². The molecule has 2 N–H and O–H groups in total. The maximum Gasteiger partial charge on any atom is 0.416 e. The van der Waals surface area contributed by atoms with Crippen LogP contribution in [0.5, 0.6) is 0 Å². The van der Waals surface area contributed by atoms with Crippen LogP contribution >= 0.6 is 11.6 Å². The highest BCUT2D eigenvalue weighted by Crippen LogP contribution is 2.37. The van der Waals surface area contributed by atoms with E-state index in [4.69, 9.17) is 11.6 Å². The smallest absolute Gasteiger partial charge is 0.396 e. The van der Waals surface area contributed by atoms with Gasteiger partial charge in [-0.15, -0.1) is 0 Å². The molecule has 1 atom stereocenters. The fourth-order valence-corrected chi connectivity index (χ4v) is 2.89. The Balaban J connectivity index is 2.43. The molecule has 0 saturated carbocycles. The second kappa shape index (κ2) is 7.12. The molecule has 1 aromatic rings. The lowest BCUT2D eigenvalue weighted by atomic mass is 9.98. The van der Waals surface area contributed by atoms with Crippen molar-refractivity contribution in [2.24, 2.45) is 0 Å². The molecule has 0 aliphatic carbocycles. The number of hydrogen-bond donors (Lipinski definition) is 2. The SMILES string of the molecule is OCC[C@@H](c1cc(C(F)(F)F)cc(Cl)c1F)N1CCNCC1. The second-order valence-corrected chi connectivity index (χ2v) is 5.58. The van der Waals surface area contributed by atoms with Crippen LogP contribution in [0.15, 0.2) is 12.1 Å². The third-order valence-corrected chi connectivity index (χ3v) is 4.01. The molecule has 1 aromatic carbocycles. The molecule has 0 bridgehead atoms. The van der Waals surface area contributed by atoms with E-state index < -0.39 is 28.6 Å². The van der Waals surface area contributed by atoms with E-state index >= 15 is 0 Å². The predicted molar refractivity (Wildman–Crippen MR) is 75.3 cm³/mol. The molecular weight excluding hydrogens is 324 g/mol. The lowest BCUT2D eigenvalue weighted by molar-refractivity contribution is -0.137. The molecule has 1 aliphatic heterocycles. The van der Waals surface area contributed by atoms with Gasteiger partial charge in [0, 0.05) is 44.4 Å². The minimum atomic E-state index is -4.60. The summed E-state index contributed by atoms with van der Waals surface area (Å²) >= 11 is 5.64. The highest BCUT2D eigenvalue weighted by atomic mass is 35.5. The summed E-state index contributed by atoms with van der Waals surface area (Å²) in [6, 6.07) is 0.754. The molecule has 0 aromatic heterocycles. The fraction of sp³-hybridized carbons (Fsp3) is 0.571. The van der Waals surface area contributed by atoms with Crippen LogP contribution < -0.4 is 5.32 Å². The lowest BCUT2D eigenvalue weighted by Gasteiger charge is -2.35. The Hall–Kier alpha value is -0.890. The molecule has 22 heavy (non-hydrogen) atoms. The molecule has 3 nitrogen and oxygen atoms in total. The fourth-order valence-electron chi connectivity index (χ4n) is 2.67. The lowest BCUT2D eigenvalue weighted by Crippen LogP contribution is -2.45. The number of halogens is 5. The van der Waals surface area contributed by atoms with Crippen LogP contribution in [0.3, 0.4) is 0 Å². The Morgan fingerprint density at radius 3 is 2.45 bits per heavy atom. The van der Waals surface area contributed by atoms with Crippen molar-refractivity contribution in [3.63, 3.8) is 0 Å². The van der Waals surface area contributed by atoms with Gasteiger partial charge in [-0.2, -0.15) is 13.2 Å². The van der Waals surface area contributed by atoms with Crippen molar-refractivity contribution in [3.8, 4) is 0 Å². The van der Waals surface area contributed by atoms with Crippen molar-refractivity contribution in [2.75, 3.05) is 32.8 Å². The molecule has 8 heteroatoms. The average molecular weight is 341 g/mol. The first-order valence-corrected chi connectivity index (χ1v) is 7.34. The van der Waals surface area contributed by atoms with E-state index in [1.165, 1.54) is 0 Å². The Morgan fingerprint density at radius 1 is 1.27 bits per heavy atom. The molecule has 0 spiro atoms. The summed E-state index contributed by atoms with van der Waals surface area (Å²) in [5.41, 5.74) is -1.09. The summed E-state index contributed by atoms with van der Waals surface area (Å²) in [5.74, 6) is -0.855. The van der Waals surface area contributed by atoms with E-state index in [9.17, 15) is 22.7 Å². The largest absolute Gasteiger partial charge is 0.416 e. The van der Waals surface area contributed by atoms with Gasteiger partial charge in [-0.05, 0) is 18.6 Å². The van der Waals surface area contributed by atoms with Gasteiger partial charge in [-0.3, -0.25) is 4.90 Å². The van der Waals surface area contributed by atoms with E-state index in [1.807, 2.05) is 4.90 Å². The number of piperazine rings is 1. The number of hydrogen-bond acceptors (Lipinski definition) is 3. The molecular formula is C14H17ClF4N2O. The van der Waals surface area contributed by atoms with E-state index in [-0.39, 0.29) is 18.6 Å². The van der Waals surface area contributed by atoms with Crippen LogP contribution in [0.4, 0.5) is 17.6 Å². The van der Waals surface area contributed by atoms with Gasteiger partial charge in [-0.25, -0.2) is 4.39 Å². The van der Waals surface area contributed by atoms with Crippen molar-refractivity contribution in [3.05, 3.63) is 34.1 Å². The Labute approximate surface area is 130 Å². The minimum absolute atomic E-state index is 0.115. The van der Waals surface area contributed by atoms with E-state index in [1.54, 1.807) is 0 Å². The molecule has 1 saturated heterocycles. The number of alkyl halides is 3. The van der Waals surface area contributed by atoms with Gasteiger partial charge in [0.1, 0.15) is 5.82 Å². The van der Waals surface area contributed by atoms with Crippen LogP contribution in [0.25, 0.3) is 0 Å².